The Bertz CT molecular complexity index is 1330. The van der Waals surface area contributed by atoms with Crippen molar-refractivity contribution in [1.82, 2.24) is 5.43 Å². The number of benzene rings is 3. The highest BCUT2D eigenvalue weighted by Crippen LogP contribution is 2.28. The molecule has 194 valence electrons. The van der Waals surface area contributed by atoms with Crippen LogP contribution in [-0.2, 0) is 14.8 Å². The fraction of sp³-hybridized carbons (Fsp3) is 0.185. The number of sulfonamides is 1. The van der Waals surface area contributed by atoms with Crippen LogP contribution in [0.25, 0.3) is 0 Å². The van der Waals surface area contributed by atoms with Gasteiger partial charge in [0.2, 0.25) is 0 Å². The normalized spacial score (nSPS) is 11.1. The van der Waals surface area contributed by atoms with E-state index in [-0.39, 0.29) is 4.90 Å². The number of carbonyl (C=O) groups excluding carboxylic acids is 1. The minimum Gasteiger partial charge on any atom is -0.497 e. The predicted molar refractivity (Wildman–Crippen MR) is 143 cm³/mol. The first-order valence-electron chi connectivity index (χ1n) is 11.4. The van der Waals surface area contributed by atoms with Gasteiger partial charge in [0.05, 0.1) is 30.5 Å². The summed E-state index contributed by atoms with van der Waals surface area (Å²) in [5.41, 5.74) is 3.35. The topological polar surface area (TPSA) is 107 Å². The summed E-state index contributed by atoms with van der Waals surface area (Å²) >= 11 is 0. The second kappa shape index (κ2) is 13.1. The van der Waals surface area contributed by atoms with E-state index in [0.717, 1.165) is 4.31 Å². The molecule has 0 radical (unpaired) electrons. The standard InChI is InChI=1S/C27H29N3O6S/c1-4-17-36-25-16-11-21(18-26(25)35-5-2)19-28-29-27(31)20-30(22-12-14-23(34-3)15-13-22)37(32,33)24-9-7-6-8-10-24/h4,6-16,18-19H,1,5,17,20H2,2-3H3,(H,29,31). The van der Waals surface area contributed by atoms with Crippen LogP contribution in [0.5, 0.6) is 17.2 Å². The maximum Gasteiger partial charge on any atom is 0.264 e. The van der Waals surface area contributed by atoms with Crippen LogP contribution in [-0.4, -0.2) is 47.4 Å². The quantitative estimate of drug-likeness (QED) is 0.206. The zero-order valence-electron chi connectivity index (χ0n) is 20.7. The Hall–Kier alpha value is -4.31. The Morgan fingerprint density at radius 1 is 1.03 bits per heavy atom. The molecule has 1 N–H and O–H groups in total. The molecular weight excluding hydrogens is 494 g/mol. The fourth-order valence-electron chi connectivity index (χ4n) is 3.27. The summed E-state index contributed by atoms with van der Waals surface area (Å²) in [5, 5.41) is 3.98. The number of hydrogen-bond acceptors (Lipinski definition) is 7. The smallest absolute Gasteiger partial charge is 0.264 e. The van der Waals surface area contributed by atoms with E-state index in [1.807, 2.05) is 6.92 Å². The molecule has 0 spiro atoms. The third-order valence-corrected chi connectivity index (χ3v) is 6.79. The van der Waals surface area contributed by atoms with E-state index in [1.54, 1.807) is 66.7 Å². The van der Waals surface area contributed by atoms with Crippen molar-refractivity contribution in [2.24, 2.45) is 5.10 Å². The number of amides is 1. The van der Waals surface area contributed by atoms with Crippen LogP contribution in [0.2, 0.25) is 0 Å². The van der Waals surface area contributed by atoms with Crippen molar-refractivity contribution in [3.63, 3.8) is 0 Å². The Balaban J connectivity index is 1.78. The number of hydrogen-bond donors (Lipinski definition) is 1. The van der Waals surface area contributed by atoms with Gasteiger partial charge < -0.3 is 14.2 Å². The molecule has 0 aliphatic heterocycles. The summed E-state index contributed by atoms with van der Waals surface area (Å²) in [7, 11) is -2.52. The molecule has 0 saturated carbocycles. The van der Waals surface area contributed by atoms with Gasteiger partial charge in [-0.15, -0.1) is 0 Å². The molecule has 0 unspecified atom stereocenters. The number of carbonyl (C=O) groups is 1. The van der Waals surface area contributed by atoms with E-state index in [2.05, 4.69) is 17.1 Å². The number of methoxy groups -OCH3 is 1. The van der Waals surface area contributed by atoms with Crippen LogP contribution in [0, 0.1) is 0 Å². The molecule has 0 aliphatic rings. The van der Waals surface area contributed by atoms with Crippen molar-refractivity contribution in [2.45, 2.75) is 11.8 Å². The zero-order chi connectivity index (χ0) is 26.7. The zero-order valence-corrected chi connectivity index (χ0v) is 21.5. The maximum absolute atomic E-state index is 13.4. The van der Waals surface area contributed by atoms with Crippen LogP contribution in [0.3, 0.4) is 0 Å². The molecule has 3 aromatic carbocycles. The van der Waals surface area contributed by atoms with E-state index >= 15 is 0 Å². The molecule has 0 fully saturated rings. The lowest BCUT2D eigenvalue weighted by molar-refractivity contribution is -0.119. The van der Waals surface area contributed by atoms with Gasteiger partial charge in [0.1, 0.15) is 18.9 Å². The highest BCUT2D eigenvalue weighted by Gasteiger charge is 2.27. The van der Waals surface area contributed by atoms with E-state index < -0.39 is 22.5 Å². The first-order valence-corrected chi connectivity index (χ1v) is 12.9. The van der Waals surface area contributed by atoms with Gasteiger partial charge in [-0.3, -0.25) is 9.10 Å². The lowest BCUT2D eigenvalue weighted by Gasteiger charge is -2.23. The molecule has 3 rings (SSSR count). The van der Waals surface area contributed by atoms with E-state index in [0.29, 0.717) is 41.7 Å². The first kappa shape index (κ1) is 27.3. The molecule has 37 heavy (non-hydrogen) atoms. The van der Waals surface area contributed by atoms with Crippen molar-refractivity contribution in [2.75, 3.05) is 31.2 Å². The number of nitrogens with one attached hydrogen (secondary N) is 1. The minimum atomic E-state index is -4.03. The molecule has 3 aromatic rings. The van der Waals surface area contributed by atoms with Crippen molar-refractivity contribution in [1.29, 1.82) is 0 Å². The molecule has 0 bridgehead atoms. The van der Waals surface area contributed by atoms with Gasteiger partial charge in [0, 0.05) is 0 Å². The highest BCUT2D eigenvalue weighted by atomic mass is 32.2. The van der Waals surface area contributed by atoms with Gasteiger partial charge in [0.15, 0.2) is 11.5 Å². The lowest BCUT2D eigenvalue weighted by Crippen LogP contribution is -2.39. The number of ether oxygens (including phenoxy) is 3. The summed E-state index contributed by atoms with van der Waals surface area (Å²) in [6.45, 7) is 5.78. The second-order valence-electron chi connectivity index (χ2n) is 7.55. The van der Waals surface area contributed by atoms with Crippen molar-refractivity contribution in [3.8, 4) is 17.2 Å². The summed E-state index contributed by atoms with van der Waals surface area (Å²) in [5.74, 6) is 1.02. The minimum absolute atomic E-state index is 0.0596. The molecule has 0 saturated heterocycles. The molecule has 0 aliphatic carbocycles. The van der Waals surface area contributed by atoms with Crippen LogP contribution < -0.4 is 23.9 Å². The first-order chi connectivity index (χ1) is 17.9. The Morgan fingerprint density at radius 2 is 1.76 bits per heavy atom. The summed E-state index contributed by atoms with van der Waals surface area (Å²) in [4.78, 5) is 12.8. The van der Waals surface area contributed by atoms with Gasteiger partial charge in [-0.1, -0.05) is 30.9 Å². The molecule has 10 heteroatoms. The molecular formula is C27H29N3O6S. The molecule has 0 atom stereocenters. The van der Waals surface area contributed by atoms with Crippen molar-refractivity contribution < 1.29 is 27.4 Å². The highest BCUT2D eigenvalue weighted by molar-refractivity contribution is 7.92. The van der Waals surface area contributed by atoms with E-state index in [1.165, 1.54) is 25.5 Å². The molecule has 1 amide bonds. The van der Waals surface area contributed by atoms with Crippen molar-refractivity contribution >= 4 is 27.8 Å². The van der Waals surface area contributed by atoms with Crippen LogP contribution in [0.4, 0.5) is 5.69 Å². The predicted octanol–water partition coefficient (Wildman–Crippen LogP) is 4.00. The monoisotopic (exact) mass is 523 g/mol. The Labute approximate surface area is 217 Å². The third kappa shape index (κ3) is 7.34. The summed E-state index contributed by atoms with van der Waals surface area (Å²) in [6.07, 6.45) is 3.06. The fourth-order valence-corrected chi connectivity index (χ4v) is 4.71. The Kier molecular flexibility index (Phi) is 9.68. The van der Waals surface area contributed by atoms with Crippen LogP contribution in [0.1, 0.15) is 12.5 Å². The van der Waals surface area contributed by atoms with Crippen LogP contribution >= 0.6 is 0 Å². The van der Waals surface area contributed by atoms with Gasteiger partial charge in [-0.05, 0) is 67.1 Å². The number of rotatable bonds is 13. The van der Waals surface area contributed by atoms with Gasteiger partial charge in [-0.2, -0.15) is 5.10 Å². The second-order valence-corrected chi connectivity index (χ2v) is 9.42. The molecule has 0 aromatic heterocycles. The van der Waals surface area contributed by atoms with Gasteiger partial charge in [-0.25, -0.2) is 13.8 Å². The molecule has 9 nitrogen and oxygen atoms in total. The largest absolute Gasteiger partial charge is 0.497 e. The van der Waals surface area contributed by atoms with E-state index in [4.69, 9.17) is 14.2 Å². The summed E-state index contributed by atoms with van der Waals surface area (Å²) in [6, 6.07) is 19.5. The number of nitrogens with zero attached hydrogens (tertiary/aromatic N) is 2. The lowest BCUT2D eigenvalue weighted by atomic mass is 10.2. The van der Waals surface area contributed by atoms with E-state index in [9.17, 15) is 13.2 Å². The third-order valence-electron chi connectivity index (χ3n) is 5.01. The Morgan fingerprint density at radius 3 is 2.41 bits per heavy atom. The average Bonchev–Trinajstić information content (AvgIpc) is 2.92. The average molecular weight is 524 g/mol. The van der Waals surface area contributed by atoms with Gasteiger partial charge in [0.25, 0.3) is 15.9 Å². The van der Waals surface area contributed by atoms with Gasteiger partial charge >= 0.3 is 0 Å². The number of anilines is 1. The summed E-state index contributed by atoms with van der Waals surface area (Å²) < 4.78 is 44.1. The maximum atomic E-state index is 13.4. The number of hydrazone groups is 1. The van der Waals surface area contributed by atoms with Crippen molar-refractivity contribution in [3.05, 3.63) is 91.0 Å². The molecule has 0 heterocycles. The SMILES string of the molecule is C=CCOc1ccc(C=NNC(=O)CN(c2ccc(OC)cc2)S(=O)(=O)c2ccccc2)cc1OCC. The van der Waals surface area contributed by atoms with Crippen LogP contribution in [0.15, 0.2) is 95.4 Å².